The molecule has 0 saturated heterocycles. The number of nitrogens with zero attached hydrogens (tertiary/aromatic N) is 1. The molecular weight excluding hydrogens is 220 g/mol. The van der Waals surface area contributed by atoms with Gasteiger partial charge in [-0.1, -0.05) is 20.3 Å². The first kappa shape index (κ1) is 16.0. The van der Waals surface area contributed by atoms with Crippen LogP contribution in [0, 0.1) is 11.3 Å². The van der Waals surface area contributed by atoms with E-state index in [1.165, 1.54) is 38.8 Å². The zero-order chi connectivity index (χ0) is 13.8. The van der Waals surface area contributed by atoms with Crippen LogP contribution in [0.4, 0.5) is 0 Å². The Labute approximate surface area is 115 Å². The molecule has 0 aliphatic heterocycles. The van der Waals surface area contributed by atoms with Crippen molar-refractivity contribution in [1.29, 1.82) is 0 Å². The van der Waals surface area contributed by atoms with Crippen molar-refractivity contribution in [3.8, 4) is 0 Å². The summed E-state index contributed by atoms with van der Waals surface area (Å²) in [7, 11) is 2.29. The highest BCUT2D eigenvalue weighted by molar-refractivity contribution is 4.84. The van der Waals surface area contributed by atoms with Gasteiger partial charge >= 0.3 is 0 Å². The third-order valence-electron chi connectivity index (χ3n) is 4.35. The van der Waals surface area contributed by atoms with Gasteiger partial charge in [0.15, 0.2) is 0 Å². The van der Waals surface area contributed by atoms with Gasteiger partial charge in [-0.15, -0.1) is 0 Å². The van der Waals surface area contributed by atoms with Crippen LogP contribution in [-0.2, 0) is 0 Å². The van der Waals surface area contributed by atoms with Crippen molar-refractivity contribution in [3.05, 3.63) is 0 Å². The first-order valence-electron chi connectivity index (χ1n) is 7.68. The molecule has 0 spiro atoms. The molecule has 1 atom stereocenters. The Balaban J connectivity index is 2.37. The van der Waals surface area contributed by atoms with Gasteiger partial charge < -0.3 is 10.2 Å². The second-order valence-electron chi connectivity index (χ2n) is 7.76. The summed E-state index contributed by atoms with van der Waals surface area (Å²) in [5, 5.41) is 3.67. The van der Waals surface area contributed by atoms with E-state index in [0.29, 0.717) is 5.41 Å². The van der Waals surface area contributed by atoms with Crippen LogP contribution in [0.25, 0.3) is 0 Å². The Morgan fingerprint density at radius 1 is 1.17 bits per heavy atom. The van der Waals surface area contributed by atoms with Gasteiger partial charge in [0.2, 0.25) is 0 Å². The van der Waals surface area contributed by atoms with Crippen LogP contribution in [0.5, 0.6) is 0 Å². The SMILES string of the molecule is CCC(C)(CNC(C)(C)C)CN(C)CC1CCC1. The molecule has 1 aliphatic carbocycles. The average molecular weight is 254 g/mol. The molecule has 0 amide bonds. The molecule has 18 heavy (non-hydrogen) atoms. The first-order valence-corrected chi connectivity index (χ1v) is 7.68. The van der Waals surface area contributed by atoms with E-state index >= 15 is 0 Å². The van der Waals surface area contributed by atoms with Gasteiger partial charge in [-0.3, -0.25) is 0 Å². The normalized spacial score (nSPS) is 20.8. The highest BCUT2D eigenvalue weighted by atomic mass is 15.1. The largest absolute Gasteiger partial charge is 0.311 e. The highest BCUT2D eigenvalue weighted by Gasteiger charge is 2.27. The summed E-state index contributed by atoms with van der Waals surface area (Å²) in [6.07, 6.45) is 5.60. The molecule has 0 bridgehead atoms. The summed E-state index contributed by atoms with van der Waals surface area (Å²) in [5.74, 6) is 0.978. The highest BCUT2D eigenvalue weighted by Crippen LogP contribution is 2.28. The predicted octanol–water partition coefficient (Wildman–Crippen LogP) is 3.52. The van der Waals surface area contributed by atoms with Crippen LogP contribution < -0.4 is 5.32 Å². The number of nitrogens with one attached hydrogen (secondary N) is 1. The van der Waals surface area contributed by atoms with Crippen molar-refractivity contribution in [2.75, 3.05) is 26.7 Å². The van der Waals surface area contributed by atoms with Crippen LogP contribution in [0.1, 0.15) is 60.3 Å². The van der Waals surface area contributed by atoms with E-state index < -0.39 is 0 Å². The fourth-order valence-electron chi connectivity index (χ4n) is 2.60. The van der Waals surface area contributed by atoms with Gasteiger partial charge in [0.1, 0.15) is 0 Å². The second kappa shape index (κ2) is 6.38. The van der Waals surface area contributed by atoms with Crippen molar-refractivity contribution in [1.82, 2.24) is 10.2 Å². The van der Waals surface area contributed by atoms with Crippen molar-refractivity contribution in [2.24, 2.45) is 11.3 Å². The number of hydrogen-bond acceptors (Lipinski definition) is 2. The van der Waals surface area contributed by atoms with E-state index in [4.69, 9.17) is 0 Å². The maximum atomic E-state index is 3.67. The lowest BCUT2D eigenvalue weighted by atomic mass is 9.83. The number of hydrogen-bond donors (Lipinski definition) is 1. The van der Waals surface area contributed by atoms with Gasteiger partial charge in [0.05, 0.1) is 0 Å². The molecule has 0 aromatic heterocycles. The Morgan fingerprint density at radius 2 is 1.78 bits per heavy atom. The van der Waals surface area contributed by atoms with Crippen LogP contribution in [0.15, 0.2) is 0 Å². The summed E-state index contributed by atoms with van der Waals surface area (Å²) in [6, 6.07) is 0. The van der Waals surface area contributed by atoms with Crippen molar-refractivity contribution < 1.29 is 0 Å². The van der Waals surface area contributed by atoms with Gasteiger partial charge in [0.25, 0.3) is 0 Å². The minimum Gasteiger partial charge on any atom is -0.311 e. The molecule has 108 valence electrons. The van der Waals surface area contributed by atoms with Crippen LogP contribution in [0.3, 0.4) is 0 Å². The van der Waals surface area contributed by atoms with Gasteiger partial charge in [-0.2, -0.15) is 0 Å². The molecule has 0 aromatic rings. The molecule has 0 aromatic carbocycles. The molecular formula is C16H34N2. The summed E-state index contributed by atoms with van der Waals surface area (Å²) in [6.45, 7) is 15.1. The summed E-state index contributed by atoms with van der Waals surface area (Å²) < 4.78 is 0. The second-order valence-corrected chi connectivity index (χ2v) is 7.76. The maximum absolute atomic E-state index is 3.67. The van der Waals surface area contributed by atoms with Crippen LogP contribution in [0.2, 0.25) is 0 Å². The Morgan fingerprint density at radius 3 is 2.17 bits per heavy atom. The molecule has 1 unspecified atom stereocenters. The summed E-state index contributed by atoms with van der Waals surface area (Å²) in [4.78, 5) is 2.55. The molecule has 1 aliphatic rings. The van der Waals surface area contributed by atoms with Crippen LogP contribution >= 0.6 is 0 Å². The first-order chi connectivity index (χ1) is 8.24. The fourth-order valence-corrected chi connectivity index (χ4v) is 2.60. The summed E-state index contributed by atoms with van der Waals surface area (Å²) >= 11 is 0. The van der Waals surface area contributed by atoms with Crippen molar-refractivity contribution in [3.63, 3.8) is 0 Å². The van der Waals surface area contributed by atoms with E-state index in [1.807, 2.05) is 0 Å². The van der Waals surface area contributed by atoms with Crippen molar-refractivity contribution >= 4 is 0 Å². The lowest BCUT2D eigenvalue weighted by molar-refractivity contribution is 0.132. The maximum Gasteiger partial charge on any atom is 0.00967 e. The minimum atomic E-state index is 0.225. The van der Waals surface area contributed by atoms with E-state index in [0.717, 1.165) is 12.5 Å². The zero-order valence-corrected chi connectivity index (χ0v) is 13.5. The lowest BCUT2D eigenvalue weighted by Crippen LogP contribution is -2.47. The molecule has 1 N–H and O–H groups in total. The number of rotatable bonds is 7. The van der Waals surface area contributed by atoms with E-state index in [2.05, 4.69) is 51.9 Å². The Hall–Kier alpha value is -0.0800. The molecule has 1 fully saturated rings. The average Bonchev–Trinajstić information content (AvgIpc) is 2.20. The Bertz CT molecular complexity index is 240. The van der Waals surface area contributed by atoms with E-state index in [-0.39, 0.29) is 5.54 Å². The third-order valence-corrected chi connectivity index (χ3v) is 4.35. The topological polar surface area (TPSA) is 15.3 Å². The minimum absolute atomic E-state index is 0.225. The molecule has 1 rings (SSSR count). The molecule has 2 heteroatoms. The lowest BCUT2D eigenvalue weighted by Gasteiger charge is -2.38. The van der Waals surface area contributed by atoms with Gasteiger partial charge in [0, 0.05) is 25.2 Å². The standard InChI is InChI=1S/C16H34N2/c1-7-16(5,12-17-15(2,3)4)13-18(6)11-14-9-8-10-14/h14,17H,7-13H2,1-6H3. The quantitative estimate of drug-likeness (QED) is 0.748. The summed E-state index contributed by atoms with van der Waals surface area (Å²) in [5.41, 5.74) is 0.620. The van der Waals surface area contributed by atoms with E-state index in [9.17, 15) is 0 Å². The monoisotopic (exact) mass is 254 g/mol. The molecule has 0 heterocycles. The third kappa shape index (κ3) is 5.71. The Kier molecular flexibility index (Phi) is 5.67. The molecule has 0 radical (unpaired) electrons. The predicted molar refractivity (Wildman–Crippen MR) is 81.0 cm³/mol. The molecule has 2 nitrogen and oxygen atoms in total. The van der Waals surface area contributed by atoms with Gasteiger partial charge in [-0.25, -0.2) is 0 Å². The van der Waals surface area contributed by atoms with Crippen molar-refractivity contribution in [2.45, 2.75) is 65.8 Å². The van der Waals surface area contributed by atoms with E-state index in [1.54, 1.807) is 0 Å². The smallest absolute Gasteiger partial charge is 0.00967 e. The van der Waals surface area contributed by atoms with Crippen LogP contribution in [-0.4, -0.2) is 37.1 Å². The zero-order valence-electron chi connectivity index (χ0n) is 13.5. The molecule has 1 saturated carbocycles. The fraction of sp³-hybridized carbons (Fsp3) is 1.00. The van der Waals surface area contributed by atoms with Gasteiger partial charge in [-0.05, 0) is 58.4 Å².